The number of ether oxygens (including phenoxy) is 3. The molecule has 0 fully saturated rings. The van der Waals surface area contributed by atoms with E-state index in [1.807, 2.05) is 0 Å². The minimum absolute atomic E-state index is 0.0183. The van der Waals surface area contributed by atoms with E-state index in [-0.39, 0.29) is 45.9 Å². The maximum absolute atomic E-state index is 14.6. The average Bonchev–Trinajstić information content (AvgIpc) is 2.67. The molecule has 0 unspecified atom stereocenters. The maximum Gasteiger partial charge on any atom is 0.252 e. The van der Waals surface area contributed by atoms with E-state index in [0.29, 0.717) is 10.9 Å². The third-order valence-corrected chi connectivity index (χ3v) is 4.34. The van der Waals surface area contributed by atoms with Gasteiger partial charge in [0.1, 0.15) is 16.5 Å². The van der Waals surface area contributed by atoms with Gasteiger partial charge in [0.25, 0.3) is 5.91 Å². The number of anilines is 1. The van der Waals surface area contributed by atoms with E-state index in [1.54, 1.807) is 6.92 Å². The van der Waals surface area contributed by atoms with Crippen molar-refractivity contribution in [3.05, 3.63) is 46.9 Å². The van der Waals surface area contributed by atoms with Crippen molar-refractivity contribution in [3.8, 4) is 23.0 Å². The maximum atomic E-state index is 14.6. The SMILES string of the molecule is CCOc1c(Cl)c(N)cc(F)c1Oc1ccnc2cc(OC)c(C(N)=O)cc12. The molecule has 9 heteroatoms. The zero-order valence-electron chi connectivity index (χ0n) is 15.1. The third kappa shape index (κ3) is 3.46. The molecule has 0 aliphatic rings. The van der Waals surface area contributed by atoms with Gasteiger partial charge in [-0.15, -0.1) is 0 Å². The topological polar surface area (TPSA) is 110 Å². The molecular weight excluding hydrogens is 389 g/mol. The minimum atomic E-state index is -0.751. The number of hydrogen-bond acceptors (Lipinski definition) is 6. The number of methoxy groups -OCH3 is 1. The van der Waals surface area contributed by atoms with Crippen molar-refractivity contribution >= 4 is 34.1 Å². The molecule has 0 radical (unpaired) electrons. The number of amides is 1. The fraction of sp³-hybridized carbons (Fsp3) is 0.158. The van der Waals surface area contributed by atoms with Crippen LogP contribution < -0.4 is 25.7 Å². The molecule has 0 spiro atoms. The Morgan fingerprint density at radius 3 is 2.64 bits per heavy atom. The largest absolute Gasteiger partial charge is 0.496 e. The second kappa shape index (κ2) is 7.77. The molecule has 0 atom stereocenters. The summed E-state index contributed by atoms with van der Waals surface area (Å²) >= 11 is 6.15. The molecule has 0 saturated heterocycles. The number of halogens is 2. The summed E-state index contributed by atoms with van der Waals surface area (Å²) in [6.45, 7) is 1.94. The Kier molecular flexibility index (Phi) is 5.41. The lowest BCUT2D eigenvalue weighted by Gasteiger charge is -2.16. The van der Waals surface area contributed by atoms with Crippen molar-refractivity contribution in [3.63, 3.8) is 0 Å². The van der Waals surface area contributed by atoms with Gasteiger partial charge in [-0.2, -0.15) is 0 Å². The fourth-order valence-electron chi connectivity index (χ4n) is 2.68. The number of nitrogens with zero attached hydrogens (tertiary/aromatic N) is 1. The summed E-state index contributed by atoms with van der Waals surface area (Å²) in [7, 11) is 1.41. The first-order valence-corrected chi connectivity index (χ1v) is 8.59. The zero-order valence-corrected chi connectivity index (χ0v) is 15.8. The van der Waals surface area contributed by atoms with E-state index in [4.69, 9.17) is 37.3 Å². The molecule has 2 aromatic carbocycles. The molecular formula is C19H17ClFN3O4. The zero-order chi connectivity index (χ0) is 20.4. The van der Waals surface area contributed by atoms with Crippen molar-refractivity contribution in [2.75, 3.05) is 19.5 Å². The molecule has 3 aromatic rings. The van der Waals surface area contributed by atoms with Gasteiger partial charge in [-0.25, -0.2) is 4.39 Å². The lowest BCUT2D eigenvalue weighted by Crippen LogP contribution is -2.12. The number of rotatable bonds is 6. The smallest absolute Gasteiger partial charge is 0.252 e. The molecule has 0 aliphatic carbocycles. The second-order valence-corrected chi connectivity index (χ2v) is 6.08. The predicted octanol–water partition coefficient (Wildman–Crippen LogP) is 3.91. The lowest BCUT2D eigenvalue weighted by atomic mass is 10.1. The number of aromatic nitrogens is 1. The summed E-state index contributed by atoms with van der Waals surface area (Å²) in [5.74, 6) is -1.21. The number of primary amides is 1. The van der Waals surface area contributed by atoms with Crippen molar-refractivity contribution in [2.45, 2.75) is 6.92 Å². The minimum Gasteiger partial charge on any atom is -0.496 e. The van der Waals surface area contributed by atoms with Crippen LogP contribution in [0, 0.1) is 5.82 Å². The van der Waals surface area contributed by atoms with Gasteiger partial charge in [0.2, 0.25) is 5.75 Å². The first-order valence-electron chi connectivity index (χ1n) is 8.22. The number of benzene rings is 2. The van der Waals surface area contributed by atoms with Crippen molar-refractivity contribution in [1.82, 2.24) is 4.98 Å². The number of nitrogen functional groups attached to an aromatic ring is 1. The highest BCUT2D eigenvalue weighted by Crippen LogP contribution is 2.44. The molecule has 28 heavy (non-hydrogen) atoms. The Hall–Kier alpha value is -3.26. The highest BCUT2D eigenvalue weighted by atomic mass is 35.5. The van der Waals surface area contributed by atoms with Crippen LogP contribution in [0.2, 0.25) is 5.02 Å². The second-order valence-electron chi connectivity index (χ2n) is 5.70. The molecule has 0 aliphatic heterocycles. The first kappa shape index (κ1) is 19.5. The van der Waals surface area contributed by atoms with Crippen LogP contribution in [0.4, 0.5) is 10.1 Å². The standard InChI is InChI=1S/C19H17ClFN3O4/c1-3-27-18-16(20)12(22)7-11(21)17(18)28-14-4-5-24-13-8-15(26-2)10(19(23)25)6-9(13)14/h4-8H,3,22H2,1-2H3,(H2,23,25). The predicted molar refractivity (Wildman–Crippen MR) is 104 cm³/mol. The van der Waals surface area contributed by atoms with Gasteiger partial charge in [0, 0.05) is 23.7 Å². The number of carbonyl (C=O) groups excluding carboxylic acids is 1. The Morgan fingerprint density at radius 1 is 1.25 bits per heavy atom. The molecule has 1 aromatic heterocycles. The Balaban J connectivity index is 2.20. The first-order chi connectivity index (χ1) is 13.4. The summed E-state index contributed by atoms with van der Waals surface area (Å²) in [5.41, 5.74) is 11.7. The fourth-order valence-corrected chi connectivity index (χ4v) is 2.88. The molecule has 7 nitrogen and oxygen atoms in total. The van der Waals surface area contributed by atoms with Gasteiger partial charge >= 0.3 is 0 Å². The number of pyridine rings is 1. The normalized spacial score (nSPS) is 10.7. The van der Waals surface area contributed by atoms with E-state index in [2.05, 4.69) is 4.98 Å². The van der Waals surface area contributed by atoms with Gasteiger partial charge in [-0.3, -0.25) is 9.78 Å². The molecule has 0 bridgehead atoms. The van der Waals surface area contributed by atoms with Crippen LogP contribution in [-0.4, -0.2) is 24.6 Å². The Morgan fingerprint density at radius 2 is 2.00 bits per heavy atom. The molecule has 1 amide bonds. The molecule has 1 heterocycles. The van der Waals surface area contributed by atoms with Crippen molar-refractivity contribution in [2.24, 2.45) is 5.73 Å². The lowest BCUT2D eigenvalue weighted by molar-refractivity contribution is 0.0997. The van der Waals surface area contributed by atoms with Crippen LogP contribution in [0.5, 0.6) is 23.0 Å². The third-order valence-electron chi connectivity index (χ3n) is 3.95. The van der Waals surface area contributed by atoms with Gasteiger partial charge in [-0.1, -0.05) is 11.6 Å². The van der Waals surface area contributed by atoms with E-state index in [1.165, 1.54) is 31.5 Å². The molecule has 0 saturated carbocycles. The van der Waals surface area contributed by atoms with Crippen LogP contribution in [-0.2, 0) is 0 Å². The highest BCUT2D eigenvalue weighted by Gasteiger charge is 2.21. The molecule has 3 rings (SSSR count). The van der Waals surface area contributed by atoms with E-state index >= 15 is 0 Å². The van der Waals surface area contributed by atoms with Gasteiger partial charge in [-0.05, 0) is 19.1 Å². The van der Waals surface area contributed by atoms with Crippen molar-refractivity contribution in [1.29, 1.82) is 0 Å². The van der Waals surface area contributed by atoms with Crippen LogP contribution in [0.1, 0.15) is 17.3 Å². The van der Waals surface area contributed by atoms with E-state index in [9.17, 15) is 9.18 Å². The van der Waals surface area contributed by atoms with Gasteiger partial charge in [0.05, 0.1) is 30.5 Å². The van der Waals surface area contributed by atoms with Gasteiger partial charge in [0.15, 0.2) is 11.6 Å². The average molecular weight is 406 g/mol. The summed E-state index contributed by atoms with van der Waals surface area (Å²) in [4.78, 5) is 16.0. The summed E-state index contributed by atoms with van der Waals surface area (Å²) in [6, 6.07) is 5.56. The monoisotopic (exact) mass is 405 g/mol. The van der Waals surface area contributed by atoms with Crippen molar-refractivity contribution < 1.29 is 23.4 Å². The molecule has 4 N–H and O–H groups in total. The Bertz CT molecular complexity index is 1070. The highest BCUT2D eigenvalue weighted by molar-refractivity contribution is 6.34. The summed E-state index contributed by atoms with van der Waals surface area (Å²) in [5, 5.41) is 0.461. The van der Waals surface area contributed by atoms with Crippen LogP contribution in [0.15, 0.2) is 30.5 Å². The van der Waals surface area contributed by atoms with Crippen LogP contribution in [0.25, 0.3) is 10.9 Å². The summed E-state index contributed by atoms with van der Waals surface area (Å²) < 4.78 is 31.0. The Labute approximate surface area is 165 Å². The number of fused-ring (bicyclic) bond motifs is 1. The van der Waals surface area contributed by atoms with Crippen LogP contribution >= 0.6 is 11.6 Å². The number of carbonyl (C=O) groups is 1. The summed E-state index contributed by atoms with van der Waals surface area (Å²) in [6.07, 6.45) is 1.47. The number of hydrogen-bond donors (Lipinski definition) is 2. The van der Waals surface area contributed by atoms with Crippen LogP contribution in [0.3, 0.4) is 0 Å². The van der Waals surface area contributed by atoms with E-state index in [0.717, 1.165) is 6.07 Å². The van der Waals surface area contributed by atoms with Gasteiger partial charge < -0.3 is 25.7 Å². The molecule has 146 valence electrons. The quantitative estimate of drug-likeness (QED) is 0.602. The number of nitrogens with two attached hydrogens (primary N) is 2. The van der Waals surface area contributed by atoms with E-state index < -0.39 is 11.7 Å².